The fourth-order valence-electron chi connectivity index (χ4n) is 2.47. The molecule has 0 saturated carbocycles. The van der Waals surface area contributed by atoms with Crippen LogP contribution in [0.2, 0.25) is 0 Å². The van der Waals surface area contributed by atoms with Crippen LogP contribution < -0.4 is 5.73 Å². The predicted octanol–water partition coefficient (Wildman–Crippen LogP) is 1.64. The van der Waals surface area contributed by atoms with E-state index >= 15 is 0 Å². The molecule has 0 amide bonds. The van der Waals surface area contributed by atoms with E-state index in [4.69, 9.17) is 5.73 Å². The molecule has 0 radical (unpaired) electrons. The van der Waals surface area contributed by atoms with Crippen LogP contribution >= 0.6 is 0 Å². The smallest absolute Gasteiger partial charge is 0.246 e. The van der Waals surface area contributed by atoms with Gasteiger partial charge in [0.05, 0.1) is 0 Å². The summed E-state index contributed by atoms with van der Waals surface area (Å²) < 4.78 is 40.3. The molecule has 2 rings (SSSR count). The highest BCUT2D eigenvalue weighted by atomic mass is 32.2. The van der Waals surface area contributed by atoms with Gasteiger partial charge in [0.15, 0.2) is 0 Å². The minimum absolute atomic E-state index is 0.223. The Hall–Kier alpha value is -0.980. The second kappa shape index (κ2) is 5.56. The first-order chi connectivity index (χ1) is 8.96. The van der Waals surface area contributed by atoms with Gasteiger partial charge in [0.2, 0.25) is 10.0 Å². The quantitative estimate of drug-likeness (QED) is 0.918. The number of hydrogen-bond donors (Lipinski definition) is 1. The second-order valence-electron chi connectivity index (χ2n) is 4.93. The van der Waals surface area contributed by atoms with Crippen molar-refractivity contribution in [1.82, 2.24) is 4.31 Å². The van der Waals surface area contributed by atoms with Crippen LogP contribution in [0.5, 0.6) is 0 Å². The zero-order valence-electron chi connectivity index (χ0n) is 11.0. The van der Waals surface area contributed by atoms with Gasteiger partial charge in [-0.15, -0.1) is 0 Å². The molecule has 0 spiro atoms. The summed E-state index contributed by atoms with van der Waals surface area (Å²) in [6, 6.07) is 3.97. The van der Waals surface area contributed by atoms with Gasteiger partial charge < -0.3 is 5.73 Å². The Morgan fingerprint density at radius 2 is 2.16 bits per heavy atom. The zero-order valence-corrected chi connectivity index (χ0v) is 11.8. The summed E-state index contributed by atoms with van der Waals surface area (Å²) in [7, 11) is -3.79. The first-order valence-electron chi connectivity index (χ1n) is 6.45. The molecule has 6 heteroatoms. The van der Waals surface area contributed by atoms with Gasteiger partial charge in [0.1, 0.15) is 10.7 Å². The number of nitrogens with zero attached hydrogens (tertiary/aromatic N) is 1. The molecule has 1 aromatic carbocycles. The van der Waals surface area contributed by atoms with Crippen molar-refractivity contribution in [3.8, 4) is 0 Å². The number of benzene rings is 1. The molecule has 0 aliphatic carbocycles. The molecule has 0 unspecified atom stereocenters. The molecule has 106 valence electrons. The van der Waals surface area contributed by atoms with Crippen molar-refractivity contribution >= 4 is 10.0 Å². The molecule has 0 bridgehead atoms. The van der Waals surface area contributed by atoms with Crippen molar-refractivity contribution in [3.05, 3.63) is 29.6 Å². The standard InChI is InChI=1S/C13H19FN2O2S/c1-10-5-6-13(12(14)8-10)19(17,18)16-7-3-2-4-11(16)9-15/h5-6,8,11H,2-4,7,9,15H2,1H3/t11-/m1/s1. The molecule has 1 atom stereocenters. The van der Waals surface area contributed by atoms with Crippen LogP contribution in [0.3, 0.4) is 0 Å². The Kier molecular flexibility index (Phi) is 4.23. The van der Waals surface area contributed by atoms with Crippen molar-refractivity contribution in [2.75, 3.05) is 13.1 Å². The number of hydrogen-bond acceptors (Lipinski definition) is 3. The number of rotatable bonds is 3. The summed E-state index contributed by atoms with van der Waals surface area (Å²) in [5.41, 5.74) is 6.33. The van der Waals surface area contributed by atoms with Crippen molar-refractivity contribution in [2.45, 2.75) is 37.1 Å². The van der Waals surface area contributed by atoms with Gasteiger partial charge in [0, 0.05) is 19.1 Å². The third-order valence-corrected chi connectivity index (χ3v) is 5.50. The highest BCUT2D eigenvalue weighted by Crippen LogP contribution is 2.26. The number of sulfonamides is 1. The Bertz CT molecular complexity index is 560. The van der Waals surface area contributed by atoms with Crippen molar-refractivity contribution in [1.29, 1.82) is 0 Å². The van der Waals surface area contributed by atoms with Gasteiger partial charge in [-0.25, -0.2) is 12.8 Å². The average Bonchev–Trinajstić information content (AvgIpc) is 2.38. The lowest BCUT2D eigenvalue weighted by molar-refractivity contribution is 0.257. The van der Waals surface area contributed by atoms with Crippen LogP contribution in [0.15, 0.2) is 23.1 Å². The molecule has 1 saturated heterocycles. The molecule has 4 nitrogen and oxygen atoms in total. The molecule has 0 aromatic heterocycles. The van der Waals surface area contributed by atoms with Gasteiger partial charge in [-0.3, -0.25) is 0 Å². The molecular formula is C13H19FN2O2S. The Morgan fingerprint density at radius 1 is 1.42 bits per heavy atom. The maximum Gasteiger partial charge on any atom is 0.246 e. The van der Waals surface area contributed by atoms with Crippen LogP contribution in [-0.2, 0) is 10.0 Å². The van der Waals surface area contributed by atoms with E-state index in [1.165, 1.54) is 16.4 Å². The first kappa shape index (κ1) is 14.4. The Balaban J connectivity index is 2.40. The fraction of sp³-hybridized carbons (Fsp3) is 0.538. The van der Waals surface area contributed by atoms with Gasteiger partial charge in [-0.1, -0.05) is 12.5 Å². The predicted molar refractivity (Wildman–Crippen MR) is 71.7 cm³/mol. The number of nitrogens with two attached hydrogens (primary N) is 1. The summed E-state index contributed by atoms with van der Waals surface area (Å²) in [5, 5.41) is 0. The molecule has 19 heavy (non-hydrogen) atoms. The summed E-state index contributed by atoms with van der Waals surface area (Å²) >= 11 is 0. The van der Waals surface area contributed by atoms with E-state index in [1.54, 1.807) is 13.0 Å². The van der Waals surface area contributed by atoms with Crippen molar-refractivity contribution < 1.29 is 12.8 Å². The van der Waals surface area contributed by atoms with Crippen LogP contribution in [0.1, 0.15) is 24.8 Å². The molecule has 1 aliphatic rings. The summed E-state index contributed by atoms with van der Waals surface area (Å²) in [6.45, 7) is 2.41. The van der Waals surface area contributed by atoms with Crippen LogP contribution in [0, 0.1) is 12.7 Å². The van der Waals surface area contributed by atoms with E-state index in [0.717, 1.165) is 19.3 Å². The monoisotopic (exact) mass is 286 g/mol. The van der Waals surface area contributed by atoms with Gasteiger partial charge >= 0.3 is 0 Å². The van der Waals surface area contributed by atoms with Crippen LogP contribution in [-0.4, -0.2) is 31.9 Å². The Morgan fingerprint density at radius 3 is 2.79 bits per heavy atom. The zero-order chi connectivity index (χ0) is 14.0. The normalized spacial score (nSPS) is 21.5. The molecule has 1 fully saturated rings. The van der Waals surface area contributed by atoms with Gasteiger partial charge in [-0.05, 0) is 37.5 Å². The maximum atomic E-state index is 13.9. The summed E-state index contributed by atoms with van der Waals surface area (Å²) in [4.78, 5) is -0.251. The Labute approximate surface area is 113 Å². The second-order valence-corrected chi connectivity index (χ2v) is 6.79. The fourth-order valence-corrected chi connectivity index (χ4v) is 4.22. The third-order valence-electron chi connectivity index (χ3n) is 3.52. The van der Waals surface area contributed by atoms with Gasteiger partial charge in [0.25, 0.3) is 0 Å². The SMILES string of the molecule is Cc1ccc(S(=O)(=O)N2CCCC[C@@H]2CN)c(F)c1. The largest absolute Gasteiger partial charge is 0.329 e. The number of piperidine rings is 1. The van der Waals surface area contributed by atoms with Crippen molar-refractivity contribution in [3.63, 3.8) is 0 Å². The van der Waals surface area contributed by atoms with Gasteiger partial charge in [-0.2, -0.15) is 4.31 Å². The molecule has 2 N–H and O–H groups in total. The van der Waals surface area contributed by atoms with E-state index in [2.05, 4.69) is 0 Å². The summed E-state index contributed by atoms with van der Waals surface area (Å²) in [6.07, 6.45) is 2.50. The summed E-state index contributed by atoms with van der Waals surface area (Å²) in [5.74, 6) is -0.693. The van der Waals surface area contributed by atoms with E-state index in [-0.39, 0.29) is 17.5 Å². The minimum Gasteiger partial charge on any atom is -0.329 e. The van der Waals surface area contributed by atoms with Crippen LogP contribution in [0.4, 0.5) is 4.39 Å². The molecule has 1 aromatic rings. The molecular weight excluding hydrogens is 267 g/mol. The lowest BCUT2D eigenvalue weighted by Crippen LogP contribution is -2.47. The lowest BCUT2D eigenvalue weighted by Gasteiger charge is -2.33. The highest BCUT2D eigenvalue weighted by molar-refractivity contribution is 7.89. The van der Waals surface area contributed by atoms with Crippen LogP contribution in [0.25, 0.3) is 0 Å². The van der Waals surface area contributed by atoms with E-state index in [0.29, 0.717) is 12.1 Å². The average molecular weight is 286 g/mol. The number of aryl methyl sites for hydroxylation is 1. The number of halogens is 1. The van der Waals surface area contributed by atoms with E-state index in [1.807, 2.05) is 0 Å². The molecule has 1 heterocycles. The molecule has 1 aliphatic heterocycles. The third kappa shape index (κ3) is 2.80. The van der Waals surface area contributed by atoms with Crippen molar-refractivity contribution in [2.24, 2.45) is 5.73 Å². The first-order valence-corrected chi connectivity index (χ1v) is 7.89. The maximum absolute atomic E-state index is 13.9. The van der Waals surface area contributed by atoms with E-state index < -0.39 is 15.8 Å². The minimum atomic E-state index is -3.79. The lowest BCUT2D eigenvalue weighted by atomic mass is 10.1. The topological polar surface area (TPSA) is 63.4 Å². The van der Waals surface area contributed by atoms with E-state index in [9.17, 15) is 12.8 Å². The highest BCUT2D eigenvalue weighted by Gasteiger charge is 2.34.